The molecule has 416 valence electrons. The van der Waals surface area contributed by atoms with E-state index in [0.717, 1.165) is 38.5 Å². The molecule has 6 heteroatoms. The minimum Gasteiger partial charge on any atom is -0.466 e. The topological polar surface area (TPSA) is 95.9 Å². The summed E-state index contributed by atoms with van der Waals surface area (Å²) >= 11 is 0. The third-order valence-electron chi connectivity index (χ3n) is 15.1. The summed E-state index contributed by atoms with van der Waals surface area (Å²) < 4.78 is 5.48. The fraction of sp³-hybridized carbons (Fsp3) is 0.938. The first-order chi connectivity index (χ1) is 34.5. The highest BCUT2D eigenvalue weighted by molar-refractivity contribution is 5.76. The maximum atomic E-state index is 12.5. The summed E-state index contributed by atoms with van der Waals surface area (Å²) in [6, 6.07) is -0.543. The SMILES string of the molecule is CCCCCCCCCCCCCCCCCCC(O)C(CO)NC(=O)CCCCCCCCCCC/C=C\CCCCCCCCCCCCCCOC(=O)CCCCCCCCCCCCCC. The van der Waals surface area contributed by atoms with Crippen molar-refractivity contribution in [3.05, 3.63) is 12.2 Å². The van der Waals surface area contributed by atoms with E-state index in [0.29, 0.717) is 25.9 Å². The van der Waals surface area contributed by atoms with Gasteiger partial charge in [0.1, 0.15) is 0 Å². The quantitative estimate of drug-likeness (QED) is 0.0321. The zero-order chi connectivity index (χ0) is 50.7. The second-order valence-electron chi connectivity index (χ2n) is 22.1. The van der Waals surface area contributed by atoms with Crippen LogP contribution in [0, 0.1) is 0 Å². The number of hydrogen-bond donors (Lipinski definition) is 3. The van der Waals surface area contributed by atoms with E-state index in [9.17, 15) is 19.8 Å². The zero-order valence-electron chi connectivity index (χ0n) is 47.5. The van der Waals surface area contributed by atoms with Crippen LogP contribution >= 0.6 is 0 Å². The number of aliphatic hydroxyl groups is 2. The van der Waals surface area contributed by atoms with Crippen molar-refractivity contribution in [1.29, 1.82) is 0 Å². The summed E-state index contributed by atoms with van der Waals surface area (Å²) in [5.41, 5.74) is 0. The Labute approximate surface area is 438 Å². The van der Waals surface area contributed by atoms with E-state index in [2.05, 4.69) is 31.3 Å². The Kier molecular flexibility index (Phi) is 59.0. The minimum atomic E-state index is -0.665. The molecule has 0 bridgehead atoms. The Hall–Kier alpha value is -1.40. The lowest BCUT2D eigenvalue weighted by Crippen LogP contribution is -2.45. The van der Waals surface area contributed by atoms with E-state index in [4.69, 9.17) is 4.74 Å². The van der Waals surface area contributed by atoms with Crippen molar-refractivity contribution in [2.45, 2.75) is 373 Å². The lowest BCUT2D eigenvalue weighted by molar-refractivity contribution is -0.143. The molecule has 0 aliphatic carbocycles. The number of allylic oxidation sites excluding steroid dienone is 2. The number of carbonyl (C=O) groups excluding carboxylic acids is 2. The summed E-state index contributed by atoms with van der Waals surface area (Å²) in [6.45, 7) is 4.98. The molecule has 2 unspecified atom stereocenters. The van der Waals surface area contributed by atoms with Gasteiger partial charge in [-0.05, 0) is 51.4 Å². The number of hydrogen-bond acceptors (Lipinski definition) is 5. The molecule has 0 heterocycles. The Morgan fingerprint density at radius 2 is 0.671 bits per heavy atom. The first-order valence-corrected chi connectivity index (χ1v) is 31.9. The number of amides is 1. The van der Waals surface area contributed by atoms with Gasteiger partial charge in [-0.15, -0.1) is 0 Å². The van der Waals surface area contributed by atoms with Crippen molar-refractivity contribution >= 4 is 11.9 Å². The average molecular weight is 989 g/mol. The molecule has 70 heavy (non-hydrogen) atoms. The van der Waals surface area contributed by atoms with E-state index >= 15 is 0 Å². The average Bonchev–Trinajstić information content (AvgIpc) is 3.36. The van der Waals surface area contributed by atoms with Crippen LogP contribution in [0.5, 0.6) is 0 Å². The molecule has 0 aliphatic heterocycles. The highest BCUT2D eigenvalue weighted by Gasteiger charge is 2.20. The van der Waals surface area contributed by atoms with Gasteiger partial charge in [-0.3, -0.25) is 9.59 Å². The fourth-order valence-electron chi connectivity index (χ4n) is 10.2. The lowest BCUT2D eigenvalue weighted by Gasteiger charge is -2.22. The molecule has 0 rings (SSSR count). The largest absolute Gasteiger partial charge is 0.466 e. The summed E-state index contributed by atoms with van der Waals surface area (Å²) in [7, 11) is 0. The normalized spacial score (nSPS) is 12.6. The molecule has 0 aromatic carbocycles. The molecule has 1 amide bonds. The third kappa shape index (κ3) is 55.9. The standard InChI is InChI=1S/C64H125NO5/c1-3-5-7-9-11-13-15-17-18-30-33-36-40-44-48-52-56-62(67)61(60-66)65-63(68)57-53-49-45-41-37-34-31-28-26-24-22-20-19-21-23-25-27-29-32-35-39-43-47-51-55-59-70-64(69)58-54-50-46-42-38-16-14-12-10-8-6-4-2/h20,22,61-62,66-67H,3-19,21,23-60H2,1-2H3,(H,65,68)/b22-20-. The second kappa shape index (κ2) is 60.2. The molecule has 3 N–H and O–H groups in total. The maximum Gasteiger partial charge on any atom is 0.305 e. The van der Waals surface area contributed by atoms with Crippen LogP contribution in [0.1, 0.15) is 361 Å². The number of carbonyl (C=O) groups is 2. The van der Waals surface area contributed by atoms with Gasteiger partial charge in [-0.1, -0.05) is 309 Å². The van der Waals surface area contributed by atoms with Crippen LogP contribution in [0.15, 0.2) is 12.2 Å². The van der Waals surface area contributed by atoms with E-state index in [1.807, 2.05) is 0 Å². The fourth-order valence-corrected chi connectivity index (χ4v) is 10.2. The van der Waals surface area contributed by atoms with Crippen LogP contribution < -0.4 is 5.32 Å². The van der Waals surface area contributed by atoms with Gasteiger partial charge in [0.15, 0.2) is 0 Å². The zero-order valence-corrected chi connectivity index (χ0v) is 47.5. The first-order valence-electron chi connectivity index (χ1n) is 31.9. The van der Waals surface area contributed by atoms with Gasteiger partial charge in [-0.2, -0.15) is 0 Å². The van der Waals surface area contributed by atoms with E-state index < -0.39 is 12.1 Å². The molecule has 6 nitrogen and oxygen atoms in total. The predicted octanol–water partition coefficient (Wildman–Crippen LogP) is 20.0. The molecule has 0 fully saturated rings. The maximum absolute atomic E-state index is 12.5. The van der Waals surface area contributed by atoms with Crippen molar-refractivity contribution in [2.24, 2.45) is 0 Å². The van der Waals surface area contributed by atoms with Gasteiger partial charge in [0.05, 0.1) is 25.4 Å². The molecule has 0 saturated carbocycles. The van der Waals surface area contributed by atoms with Crippen molar-refractivity contribution in [2.75, 3.05) is 13.2 Å². The molecule has 2 atom stereocenters. The monoisotopic (exact) mass is 988 g/mol. The number of rotatable bonds is 60. The first kappa shape index (κ1) is 68.6. The third-order valence-corrected chi connectivity index (χ3v) is 15.1. The summed E-state index contributed by atoms with van der Waals surface area (Å²) in [5, 5.41) is 23.3. The highest BCUT2D eigenvalue weighted by atomic mass is 16.5. The van der Waals surface area contributed by atoms with E-state index in [1.165, 1.54) is 289 Å². The highest BCUT2D eigenvalue weighted by Crippen LogP contribution is 2.18. The van der Waals surface area contributed by atoms with Gasteiger partial charge in [0, 0.05) is 12.8 Å². The number of nitrogens with one attached hydrogen (secondary N) is 1. The Morgan fingerprint density at radius 1 is 0.386 bits per heavy atom. The molecule has 0 spiro atoms. The molecule has 0 aromatic heterocycles. The Bertz CT molecular complexity index is 1050. The van der Waals surface area contributed by atoms with Crippen molar-refractivity contribution < 1.29 is 24.5 Å². The smallest absolute Gasteiger partial charge is 0.305 e. The van der Waals surface area contributed by atoms with Crippen molar-refractivity contribution in [3.63, 3.8) is 0 Å². The number of aliphatic hydroxyl groups excluding tert-OH is 2. The molecular weight excluding hydrogens is 863 g/mol. The van der Waals surface area contributed by atoms with Gasteiger partial charge < -0.3 is 20.3 Å². The Morgan fingerprint density at radius 3 is 1.01 bits per heavy atom. The molecule has 0 radical (unpaired) electrons. The van der Waals surface area contributed by atoms with E-state index in [-0.39, 0.29) is 18.5 Å². The number of ether oxygens (including phenoxy) is 1. The Balaban J connectivity index is 3.39. The van der Waals surface area contributed by atoms with Gasteiger partial charge >= 0.3 is 5.97 Å². The van der Waals surface area contributed by atoms with Crippen molar-refractivity contribution in [1.82, 2.24) is 5.32 Å². The number of esters is 1. The molecule has 0 aliphatic rings. The van der Waals surface area contributed by atoms with Crippen LogP contribution in [0.2, 0.25) is 0 Å². The predicted molar refractivity (Wildman–Crippen MR) is 306 cm³/mol. The van der Waals surface area contributed by atoms with Gasteiger partial charge in [0.2, 0.25) is 5.91 Å². The van der Waals surface area contributed by atoms with Gasteiger partial charge in [-0.25, -0.2) is 0 Å². The van der Waals surface area contributed by atoms with Crippen molar-refractivity contribution in [3.8, 4) is 0 Å². The second-order valence-corrected chi connectivity index (χ2v) is 22.1. The van der Waals surface area contributed by atoms with Crippen LogP contribution in [0.3, 0.4) is 0 Å². The van der Waals surface area contributed by atoms with Crippen LogP contribution in [0.4, 0.5) is 0 Å². The minimum absolute atomic E-state index is 0.0148. The lowest BCUT2D eigenvalue weighted by atomic mass is 10.0. The van der Waals surface area contributed by atoms with E-state index in [1.54, 1.807) is 0 Å². The summed E-state index contributed by atoms with van der Waals surface area (Å²) in [5.74, 6) is -0.0202. The molecule has 0 saturated heterocycles. The molecule has 0 aromatic rings. The summed E-state index contributed by atoms with van der Waals surface area (Å²) in [4.78, 5) is 24.5. The van der Waals surface area contributed by atoms with Crippen LogP contribution in [-0.4, -0.2) is 47.4 Å². The van der Waals surface area contributed by atoms with Crippen LogP contribution in [-0.2, 0) is 14.3 Å². The van der Waals surface area contributed by atoms with Crippen LogP contribution in [0.25, 0.3) is 0 Å². The number of unbranched alkanes of at least 4 members (excludes halogenated alkanes) is 47. The summed E-state index contributed by atoms with van der Waals surface area (Å²) in [6.07, 6.45) is 72.3. The van der Waals surface area contributed by atoms with Gasteiger partial charge in [0.25, 0.3) is 0 Å². The molecular formula is C64H125NO5.